The summed E-state index contributed by atoms with van der Waals surface area (Å²) < 4.78 is 16.5. The Morgan fingerprint density at radius 2 is 2.04 bits per heavy atom. The van der Waals surface area contributed by atoms with E-state index in [1.165, 1.54) is 0 Å². The Morgan fingerprint density at radius 1 is 1.22 bits per heavy atom. The molecule has 0 amide bonds. The maximum absolute atomic E-state index is 5.63. The fraction of sp³-hybridized carbons (Fsp3) is 0.588. The fourth-order valence-corrected chi connectivity index (χ4v) is 2.44. The summed E-state index contributed by atoms with van der Waals surface area (Å²) in [7, 11) is 1.86. The monoisotopic (exact) mass is 375 g/mol. The average molecular weight is 375 g/mol. The third-order valence-electron chi connectivity index (χ3n) is 4.06. The lowest BCUT2D eigenvalue weighted by Gasteiger charge is -2.26. The number of hydrogen-bond donors (Lipinski definition) is 1. The van der Waals surface area contributed by atoms with Crippen LogP contribution in [-0.2, 0) is 11.3 Å². The molecule has 1 aliphatic heterocycles. The molecule has 0 atom stereocenters. The van der Waals surface area contributed by atoms with Crippen molar-refractivity contribution >= 4 is 11.8 Å². The number of nitrogens with one attached hydrogen (secondary N) is 1. The largest absolute Gasteiger partial charge is 0.462 e. The molecule has 0 unspecified atom stereocenters. The summed E-state index contributed by atoms with van der Waals surface area (Å²) in [4.78, 5) is 15.3. The highest BCUT2D eigenvalue weighted by Gasteiger charge is 2.17. The van der Waals surface area contributed by atoms with Gasteiger partial charge in [-0.3, -0.25) is 0 Å². The van der Waals surface area contributed by atoms with E-state index in [2.05, 4.69) is 35.4 Å². The number of rotatable bonds is 8. The highest BCUT2D eigenvalue weighted by atomic mass is 16.5. The number of nitrogens with zero attached hydrogens (tertiary/aromatic N) is 6. The maximum Gasteiger partial charge on any atom is 0.321 e. The zero-order chi connectivity index (χ0) is 19.1. The molecule has 3 rings (SSSR count). The molecule has 2 aromatic rings. The lowest BCUT2D eigenvalue weighted by molar-refractivity contribution is 0.122. The molecule has 0 aromatic carbocycles. The summed E-state index contributed by atoms with van der Waals surface area (Å²) >= 11 is 0. The number of hydrogen-bond acceptors (Lipinski definition) is 10. The van der Waals surface area contributed by atoms with Crippen molar-refractivity contribution in [2.24, 2.45) is 10.2 Å². The summed E-state index contributed by atoms with van der Waals surface area (Å²) in [6.45, 7) is 7.98. The number of ether oxygens (including phenoxy) is 2. The molecule has 27 heavy (non-hydrogen) atoms. The molecule has 10 nitrogen and oxygen atoms in total. The third-order valence-corrected chi connectivity index (χ3v) is 4.06. The lowest BCUT2D eigenvalue weighted by atomic mass is 10.3. The van der Waals surface area contributed by atoms with Crippen LogP contribution in [0, 0.1) is 13.8 Å². The second-order valence-corrected chi connectivity index (χ2v) is 6.11. The summed E-state index contributed by atoms with van der Waals surface area (Å²) in [5.41, 5.74) is 1.04. The Hall–Kier alpha value is -2.59. The van der Waals surface area contributed by atoms with Gasteiger partial charge in [0.1, 0.15) is 18.9 Å². The van der Waals surface area contributed by atoms with Crippen LogP contribution in [0.25, 0.3) is 0 Å². The van der Waals surface area contributed by atoms with Crippen LogP contribution in [-0.4, -0.2) is 61.5 Å². The van der Waals surface area contributed by atoms with Crippen LogP contribution >= 0.6 is 0 Å². The Morgan fingerprint density at radius 3 is 2.74 bits per heavy atom. The van der Waals surface area contributed by atoms with Gasteiger partial charge in [0.25, 0.3) is 0 Å². The molecule has 10 heteroatoms. The first-order chi connectivity index (χ1) is 13.2. The van der Waals surface area contributed by atoms with Gasteiger partial charge in [0.05, 0.1) is 13.2 Å². The zero-order valence-corrected chi connectivity index (χ0v) is 15.9. The van der Waals surface area contributed by atoms with E-state index in [-0.39, 0.29) is 12.6 Å². The topological polar surface area (TPSA) is 110 Å². The Balaban J connectivity index is 1.73. The second-order valence-electron chi connectivity index (χ2n) is 6.11. The molecule has 146 valence electrons. The summed E-state index contributed by atoms with van der Waals surface area (Å²) in [5, 5.41) is 11.3. The minimum absolute atomic E-state index is 0.209. The number of morpholine rings is 1. The number of aromatic nitrogens is 3. The van der Waals surface area contributed by atoms with E-state index in [4.69, 9.17) is 13.9 Å². The average Bonchev–Trinajstić information content (AvgIpc) is 3.00. The van der Waals surface area contributed by atoms with Gasteiger partial charge in [0.2, 0.25) is 11.8 Å². The molecule has 3 heterocycles. The quantitative estimate of drug-likeness (QED) is 0.549. The van der Waals surface area contributed by atoms with E-state index in [9.17, 15) is 0 Å². The molecule has 0 radical (unpaired) electrons. The van der Waals surface area contributed by atoms with Crippen LogP contribution in [0.4, 0.5) is 11.8 Å². The standard InChI is InChI=1S/C17H25N7O3/c1-12-10-15(27-13(12)2)23-19-11-14-20-16(24-5-8-25-9-6-24)22-17(21-14)26-7-4-18-3/h10,18H,4-9,11H2,1-3H3. The van der Waals surface area contributed by atoms with Crippen LogP contribution in [0.3, 0.4) is 0 Å². The first-order valence-corrected chi connectivity index (χ1v) is 8.95. The van der Waals surface area contributed by atoms with E-state index < -0.39 is 0 Å². The highest BCUT2D eigenvalue weighted by molar-refractivity contribution is 5.32. The van der Waals surface area contributed by atoms with E-state index in [1.807, 2.05) is 27.0 Å². The van der Waals surface area contributed by atoms with Gasteiger partial charge in [0.15, 0.2) is 5.82 Å². The minimum atomic E-state index is 0.209. The van der Waals surface area contributed by atoms with Gasteiger partial charge in [0, 0.05) is 25.7 Å². The van der Waals surface area contributed by atoms with Crippen molar-refractivity contribution in [1.29, 1.82) is 0 Å². The molecule has 1 fully saturated rings. The Bertz CT molecular complexity index is 752. The van der Waals surface area contributed by atoms with Crippen molar-refractivity contribution in [3.8, 4) is 6.01 Å². The van der Waals surface area contributed by atoms with Gasteiger partial charge in [-0.1, -0.05) is 0 Å². The molecule has 2 aromatic heterocycles. The Labute approximate surface area is 158 Å². The van der Waals surface area contributed by atoms with Crippen molar-refractivity contribution in [3.05, 3.63) is 23.2 Å². The van der Waals surface area contributed by atoms with E-state index in [0.29, 0.717) is 44.0 Å². The molecular weight excluding hydrogens is 350 g/mol. The van der Waals surface area contributed by atoms with Crippen molar-refractivity contribution in [3.63, 3.8) is 0 Å². The van der Waals surface area contributed by atoms with Gasteiger partial charge >= 0.3 is 6.01 Å². The third kappa shape index (κ3) is 5.44. The molecule has 0 aliphatic carbocycles. The van der Waals surface area contributed by atoms with Gasteiger partial charge in [-0.15, -0.1) is 5.11 Å². The lowest BCUT2D eigenvalue weighted by Crippen LogP contribution is -2.37. The normalized spacial score (nSPS) is 14.9. The number of likely N-dealkylation sites (N-methyl/N-ethyl adjacent to an activating group) is 1. The van der Waals surface area contributed by atoms with Crippen molar-refractivity contribution in [2.45, 2.75) is 20.4 Å². The second kappa shape index (κ2) is 9.38. The summed E-state index contributed by atoms with van der Waals surface area (Å²) in [6.07, 6.45) is 0. The molecule has 0 spiro atoms. The van der Waals surface area contributed by atoms with Crippen molar-refractivity contribution in [2.75, 3.05) is 51.4 Å². The number of furan rings is 1. The fourth-order valence-electron chi connectivity index (χ4n) is 2.44. The van der Waals surface area contributed by atoms with Crippen molar-refractivity contribution in [1.82, 2.24) is 20.3 Å². The van der Waals surface area contributed by atoms with Crippen LogP contribution in [0.2, 0.25) is 0 Å². The molecule has 1 saturated heterocycles. The number of azo groups is 1. The molecular formula is C17H25N7O3. The maximum atomic E-state index is 5.63. The molecule has 0 saturated carbocycles. The minimum Gasteiger partial charge on any atom is -0.462 e. The van der Waals surface area contributed by atoms with Crippen molar-refractivity contribution < 1.29 is 13.9 Å². The predicted octanol–water partition coefficient (Wildman–Crippen LogP) is 1.80. The SMILES string of the molecule is CNCCOc1nc(CN=Nc2cc(C)c(C)o2)nc(N2CCOCC2)n1. The van der Waals surface area contributed by atoms with Crippen LogP contribution in [0.1, 0.15) is 17.1 Å². The van der Waals surface area contributed by atoms with E-state index in [0.717, 1.165) is 24.4 Å². The molecule has 1 aliphatic rings. The summed E-state index contributed by atoms with van der Waals surface area (Å²) in [5.74, 6) is 2.37. The first kappa shape index (κ1) is 19.2. The highest BCUT2D eigenvalue weighted by Crippen LogP contribution is 2.21. The predicted molar refractivity (Wildman–Crippen MR) is 98.7 cm³/mol. The van der Waals surface area contributed by atoms with Crippen LogP contribution in [0.15, 0.2) is 20.7 Å². The van der Waals surface area contributed by atoms with Gasteiger partial charge in [-0.25, -0.2) is 0 Å². The smallest absolute Gasteiger partial charge is 0.321 e. The molecule has 1 N–H and O–H groups in total. The van der Waals surface area contributed by atoms with E-state index in [1.54, 1.807) is 0 Å². The van der Waals surface area contributed by atoms with E-state index >= 15 is 0 Å². The number of anilines is 1. The summed E-state index contributed by atoms with van der Waals surface area (Å²) in [6, 6.07) is 2.13. The van der Waals surface area contributed by atoms with Crippen LogP contribution in [0.5, 0.6) is 6.01 Å². The van der Waals surface area contributed by atoms with Crippen LogP contribution < -0.4 is 15.0 Å². The zero-order valence-electron chi connectivity index (χ0n) is 15.9. The van der Waals surface area contributed by atoms with Gasteiger partial charge < -0.3 is 24.1 Å². The van der Waals surface area contributed by atoms with Gasteiger partial charge in [-0.2, -0.15) is 20.1 Å². The first-order valence-electron chi connectivity index (χ1n) is 8.95. The van der Waals surface area contributed by atoms with Gasteiger partial charge in [-0.05, 0) is 26.5 Å². The number of aryl methyl sites for hydroxylation is 2. The molecule has 0 bridgehead atoms. The Kier molecular flexibility index (Phi) is 6.66.